The lowest BCUT2D eigenvalue weighted by Gasteiger charge is -2.29. The van der Waals surface area contributed by atoms with Crippen molar-refractivity contribution in [3.63, 3.8) is 0 Å². The van der Waals surface area contributed by atoms with Gasteiger partial charge in [0.1, 0.15) is 5.54 Å². The average molecular weight is 467 g/mol. The number of amides is 4. The fourth-order valence-electron chi connectivity index (χ4n) is 5.48. The summed E-state index contributed by atoms with van der Waals surface area (Å²) in [5, 5.41) is 6.65. The Morgan fingerprint density at radius 2 is 1.79 bits per heavy atom. The highest BCUT2D eigenvalue weighted by molar-refractivity contribution is 6.32. The third-order valence-corrected chi connectivity index (χ3v) is 7.49. The van der Waals surface area contributed by atoms with Crippen molar-refractivity contribution < 1.29 is 19.2 Å². The van der Waals surface area contributed by atoms with E-state index in [0.29, 0.717) is 27.5 Å². The molecule has 0 bridgehead atoms. The van der Waals surface area contributed by atoms with Gasteiger partial charge in [0.25, 0.3) is 0 Å². The summed E-state index contributed by atoms with van der Waals surface area (Å²) in [6.07, 6.45) is 0.255. The molecule has 1 spiro atoms. The average Bonchev–Trinajstić information content (AvgIpc) is 3.35. The molecule has 0 aromatic heterocycles. The second kappa shape index (κ2) is 7.40. The number of anilines is 2. The predicted octanol–water partition coefficient (Wildman–Crippen LogP) is 2.15. The van der Waals surface area contributed by atoms with E-state index in [0.717, 1.165) is 5.56 Å². The lowest BCUT2D eigenvalue weighted by Crippen LogP contribution is -2.53. The molecular formula is C24H23ClN4O4. The Bertz CT molecular complexity index is 1230. The number of primary amides is 1. The molecular weight excluding hydrogens is 444 g/mol. The number of aryl methyl sites for hydroxylation is 1. The van der Waals surface area contributed by atoms with E-state index in [9.17, 15) is 19.2 Å². The highest BCUT2D eigenvalue weighted by atomic mass is 35.5. The summed E-state index contributed by atoms with van der Waals surface area (Å²) in [6.45, 7) is 3.70. The zero-order valence-electron chi connectivity index (χ0n) is 18.1. The van der Waals surface area contributed by atoms with Crippen molar-refractivity contribution in [2.75, 3.05) is 10.2 Å². The number of rotatable bonds is 4. The second-order valence-electron chi connectivity index (χ2n) is 8.96. The van der Waals surface area contributed by atoms with E-state index in [1.54, 1.807) is 31.2 Å². The molecule has 3 aliphatic heterocycles. The Labute approximate surface area is 195 Å². The molecule has 170 valence electrons. The fourth-order valence-corrected chi connectivity index (χ4v) is 5.64. The smallest absolute Gasteiger partial charge is 0.250 e. The van der Waals surface area contributed by atoms with E-state index in [-0.39, 0.29) is 18.7 Å². The van der Waals surface area contributed by atoms with E-state index in [1.807, 2.05) is 19.1 Å². The van der Waals surface area contributed by atoms with Gasteiger partial charge in [0.05, 0.1) is 23.2 Å². The lowest BCUT2D eigenvalue weighted by atomic mass is 9.76. The first kappa shape index (κ1) is 21.6. The molecule has 4 unspecified atom stereocenters. The van der Waals surface area contributed by atoms with Gasteiger partial charge in [-0.1, -0.05) is 35.4 Å². The van der Waals surface area contributed by atoms with Crippen molar-refractivity contribution in [1.82, 2.24) is 5.32 Å². The highest BCUT2D eigenvalue weighted by Gasteiger charge is 2.70. The molecule has 4 atom stereocenters. The third kappa shape index (κ3) is 2.94. The molecule has 3 aliphatic rings. The lowest BCUT2D eigenvalue weighted by molar-refractivity contribution is -0.130. The minimum absolute atomic E-state index is 0.0249. The van der Waals surface area contributed by atoms with Gasteiger partial charge in [-0.05, 0) is 44.0 Å². The molecule has 3 heterocycles. The van der Waals surface area contributed by atoms with Gasteiger partial charge >= 0.3 is 0 Å². The monoisotopic (exact) mass is 466 g/mol. The number of nitrogens with two attached hydrogens (primary N) is 1. The van der Waals surface area contributed by atoms with Crippen molar-refractivity contribution in [2.24, 2.45) is 17.6 Å². The van der Waals surface area contributed by atoms with Crippen molar-refractivity contribution in [3.8, 4) is 0 Å². The largest absolute Gasteiger partial charge is 0.370 e. The molecule has 4 amide bonds. The summed E-state index contributed by atoms with van der Waals surface area (Å²) in [4.78, 5) is 53.6. The molecule has 5 rings (SSSR count). The van der Waals surface area contributed by atoms with E-state index in [4.69, 9.17) is 17.3 Å². The van der Waals surface area contributed by atoms with Crippen LogP contribution in [0.2, 0.25) is 5.02 Å². The number of nitrogens with zero attached hydrogens (tertiary/aromatic N) is 1. The summed E-state index contributed by atoms with van der Waals surface area (Å²) in [5.74, 6) is -3.54. The Kier molecular flexibility index (Phi) is 4.84. The number of benzene rings is 2. The van der Waals surface area contributed by atoms with Crippen LogP contribution < -0.4 is 21.3 Å². The fraction of sp³-hybridized carbons (Fsp3) is 0.333. The van der Waals surface area contributed by atoms with Crippen LogP contribution in [0.25, 0.3) is 0 Å². The number of fused-ring (bicyclic) bond motifs is 4. The maximum absolute atomic E-state index is 13.8. The normalized spacial score (nSPS) is 27.8. The van der Waals surface area contributed by atoms with Gasteiger partial charge in [-0.25, -0.2) is 4.90 Å². The number of carbonyl (C=O) groups is 4. The van der Waals surface area contributed by atoms with Gasteiger partial charge in [0.2, 0.25) is 23.6 Å². The zero-order chi connectivity index (χ0) is 23.7. The highest BCUT2D eigenvalue weighted by Crippen LogP contribution is 2.55. The summed E-state index contributed by atoms with van der Waals surface area (Å²) in [6, 6.07) is 9.91. The van der Waals surface area contributed by atoms with Gasteiger partial charge in [-0.3, -0.25) is 24.5 Å². The first-order valence-electron chi connectivity index (χ1n) is 10.8. The van der Waals surface area contributed by atoms with Crippen LogP contribution in [-0.2, 0) is 24.7 Å². The first-order chi connectivity index (χ1) is 15.7. The molecule has 4 N–H and O–H groups in total. The molecule has 0 saturated carbocycles. The molecule has 0 aliphatic carbocycles. The topological polar surface area (TPSA) is 122 Å². The molecule has 2 fully saturated rings. The maximum Gasteiger partial charge on any atom is 0.250 e. The van der Waals surface area contributed by atoms with Gasteiger partial charge in [-0.15, -0.1) is 0 Å². The van der Waals surface area contributed by atoms with Crippen molar-refractivity contribution in [2.45, 2.75) is 38.3 Å². The maximum atomic E-state index is 13.8. The summed E-state index contributed by atoms with van der Waals surface area (Å²) >= 11 is 6.28. The van der Waals surface area contributed by atoms with Gasteiger partial charge < -0.3 is 11.1 Å². The number of hydrogen-bond donors (Lipinski definition) is 3. The molecule has 2 aromatic rings. The van der Waals surface area contributed by atoms with Crippen LogP contribution in [0.1, 0.15) is 29.5 Å². The SMILES string of the molecule is Cc1ccc(N2C(=O)C3C(CCC(N)=O)NC4(C(=O)Nc5c4ccc(Cl)c5C)C3C2=O)cc1. The Balaban J connectivity index is 1.66. The van der Waals surface area contributed by atoms with Crippen molar-refractivity contribution >= 4 is 46.6 Å². The van der Waals surface area contributed by atoms with E-state index < -0.39 is 41.1 Å². The van der Waals surface area contributed by atoms with Crippen molar-refractivity contribution in [1.29, 1.82) is 0 Å². The first-order valence-corrected chi connectivity index (χ1v) is 11.2. The predicted molar refractivity (Wildman–Crippen MR) is 123 cm³/mol. The number of nitrogens with one attached hydrogen (secondary N) is 2. The number of hydrogen-bond acceptors (Lipinski definition) is 5. The van der Waals surface area contributed by atoms with Gasteiger partial charge in [0, 0.05) is 23.0 Å². The van der Waals surface area contributed by atoms with E-state index in [1.165, 1.54) is 4.90 Å². The minimum atomic E-state index is -1.44. The number of halogens is 1. The van der Waals surface area contributed by atoms with Gasteiger partial charge in [-0.2, -0.15) is 0 Å². The van der Waals surface area contributed by atoms with Crippen molar-refractivity contribution in [3.05, 3.63) is 58.1 Å². The quantitative estimate of drug-likeness (QED) is 0.596. The summed E-state index contributed by atoms with van der Waals surface area (Å²) < 4.78 is 0. The van der Waals surface area contributed by atoms with Crippen LogP contribution in [0.3, 0.4) is 0 Å². The zero-order valence-corrected chi connectivity index (χ0v) is 18.9. The molecule has 8 nitrogen and oxygen atoms in total. The summed E-state index contributed by atoms with van der Waals surface area (Å²) in [7, 11) is 0. The Morgan fingerprint density at radius 1 is 1.09 bits per heavy atom. The van der Waals surface area contributed by atoms with Crippen LogP contribution in [-0.4, -0.2) is 29.7 Å². The molecule has 2 saturated heterocycles. The van der Waals surface area contributed by atoms with Gasteiger partial charge in [0.15, 0.2) is 0 Å². The van der Waals surface area contributed by atoms with Crippen LogP contribution >= 0.6 is 11.6 Å². The van der Waals surface area contributed by atoms with Crippen LogP contribution in [0.15, 0.2) is 36.4 Å². The second-order valence-corrected chi connectivity index (χ2v) is 9.37. The van der Waals surface area contributed by atoms with Crippen LogP contribution in [0.4, 0.5) is 11.4 Å². The summed E-state index contributed by atoms with van der Waals surface area (Å²) in [5.41, 5.74) is 7.19. The van der Waals surface area contributed by atoms with E-state index >= 15 is 0 Å². The van der Waals surface area contributed by atoms with Crippen LogP contribution in [0.5, 0.6) is 0 Å². The minimum Gasteiger partial charge on any atom is -0.370 e. The molecule has 0 radical (unpaired) electrons. The Hall–Kier alpha value is -3.23. The number of carbonyl (C=O) groups excluding carboxylic acids is 4. The molecule has 9 heteroatoms. The molecule has 2 aromatic carbocycles. The third-order valence-electron chi connectivity index (χ3n) is 7.08. The number of imide groups is 1. The molecule has 33 heavy (non-hydrogen) atoms. The standard InChI is InChI=1S/C24H23ClN4O4/c1-11-3-5-13(6-4-11)29-21(31)18-16(9-10-17(26)30)28-24(19(18)22(29)32)14-7-8-15(25)12(2)20(14)27-23(24)33/h3-8,16,18-19,28H,9-10H2,1-2H3,(H2,26,30)(H,27,33). The van der Waals surface area contributed by atoms with Crippen LogP contribution in [0, 0.1) is 25.7 Å². The Morgan fingerprint density at radius 3 is 2.45 bits per heavy atom. The van der Waals surface area contributed by atoms with E-state index in [2.05, 4.69) is 10.6 Å².